The Balaban J connectivity index is 1.14. The minimum Gasteiger partial charge on any atom is -0.491 e. The van der Waals surface area contributed by atoms with Gasteiger partial charge in [-0.05, 0) is 44.4 Å². The molecule has 0 radical (unpaired) electrons. The second-order valence-electron chi connectivity index (χ2n) is 10.0. The monoisotopic (exact) mass is 548 g/mol. The smallest absolute Gasteiger partial charge is 0.296 e. The van der Waals surface area contributed by atoms with Crippen molar-refractivity contribution in [2.45, 2.75) is 63.3 Å². The number of hydrogen-bond donors (Lipinski definition) is 3. The number of aliphatic hydroxyl groups is 1. The highest BCUT2D eigenvalue weighted by Crippen LogP contribution is 2.39. The van der Waals surface area contributed by atoms with Crippen molar-refractivity contribution in [3.63, 3.8) is 0 Å². The minimum atomic E-state index is -0.660. The standard InChI is InChI=1S/C26H30ClFN4O6/c1-12(2)34-5-6-35-14-7-13-3-4-17(21(13)16(28)8-14)29-24-15(27)9-18-25(31-24)32-26(30-18)38-20-11-37-22-19(33)10-36-23(20)22/h7-9,12,17,19-20,22-23,33H,3-6,10-11H2,1-2H3,(H2,29,30,31,32)/t17?,19-,20-,22-,23-/m1/s1. The average Bonchev–Trinajstić information content (AvgIpc) is 3.64. The topological polar surface area (TPSA) is 120 Å². The van der Waals surface area contributed by atoms with E-state index in [1.54, 1.807) is 6.07 Å². The SMILES string of the molecule is CC(C)OCCOc1cc(F)c2c(c1)CCC2Nc1nc2nc(O[C@@H]3CO[C@H]4[C@@H]3OC[C@H]4O)[nH]c2cc1Cl. The zero-order chi connectivity index (χ0) is 26.4. The van der Waals surface area contributed by atoms with Crippen LogP contribution in [0.15, 0.2) is 18.2 Å². The van der Waals surface area contributed by atoms with E-state index in [1.165, 1.54) is 6.07 Å². The van der Waals surface area contributed by atoms with Gasteiger partial charge in [0, 0.05) is 11.6 Å². The third-order valence-corrected chi connectivity index (χ3v) is 7.29. The van der Waals surface area contributed by atoms with Crippen molar-refractivity contribution < 1.29 is 33.2 Å². The van der Waals surface area contributed by atoms with Crippen LogP contribution in [0.1, 0.15) is 37.4 Å². The molecule has 0 amide bonds. The van der Waals surface area contributed by atoms with E-state index < -0.39 is 18.3 Å². The molecule has 0 bridgehead atoms. The lowest BCUT2D eigenvalue weighted by molar-refractivity contribution is 0.00706. The number of aliphatic hydroxyl groups excluding tert-OH is 1. The number of aromatic amines is 1. The van der Waals surface area contributed by atoms with Gasteiger partial charge in [-0.3, -0.25) is 0 Å². The summed E-state index contributed by atoms with van der Waals surface area (Å²) in [6.45, 7) is 5.22. The van der Waals surface area contributed by atoms with Gasteiger partial charge in [0.2, 0.25) is 0 Å². The number of H-pyrrole nitrogens is 1. The first kappa shape index (κ1) is 25.6. The van der Waals surface area contributed by atoms with Crippen LogP contribution in [0.4, 0.5) is 10.2 Å². The average molecular weight is 549 g/mol. The highest BCUT2D eigenvalue weighted by Gasteiger charge is 2.48. The van der Waals surface area contributed by atoms with Crippen LogP contribution < -0.4 is 14.8 Å². The first-order valence-electron chi connectivity index (χ1n) is 12.8. The summed E-state index contributed by atoms with van der Waals surface area (Å²) in [5, 5.41) is 13.6. The number of imidazole rings is 1. The zero-order valence-corrected chi connectivity index (χ0v) is 21.8. The second kappa shape index (κ2) is 10.5. The van der Waals surface area contributed by atoms with Crippen LogP contribution in [-0.4, -0.2) is 77.0 Å². The predicted molar refractivity (Wildman–Crippen MR) is 136 cm³/mol. The summed E-state index contributed by atoms with van der Waals surface area (Å²) in [5.74, 6) is 0.570. The van der Waals surface area contributed by atoms with E-state index in [0.29, 0.717) is 59.4 Å². The first-order valence-corrected chi connectivity index (χ1v) is 13.2. The second-order valence-corrected chi connectivity index (χ2v) is 10.4. The molecular formula is C26H30ClFN4O6. The van der Waals surface area contributed by atoms with Gasteiger partial charge in [0.05, 0.1) is 42.5 Å². The molecule has 2 fully saturated rings. The maximum absolute atomic E-state index is 15.1. The summed E-state index contributed by atoms with van der Waals surface area (Å²) in [6, 6.07) is 4.96. The number of benzene rings is 1. The van der Waals surface area contributed by atoms with Gasteiger partial charge < -0.3 is 39.1 Å². The fraction of sp³-hybridized carbons (Fsp3) is 0.538. The Labute approximate surface area is 223 Å². The van der Waals surface area contributed by atoms with E-state index in [4.69, 9.17) is 35.3 Å². The third kappa shape index (κ3) is 5.01. The number of nitrogens with zero attached hydrogens (tertiary/aromatic N) is 2. The van der Waals surface area contributed by atoms with Crippen molar-refractivity contribution in [3.8, 4) is 11.8 Å². The first-order chi connectivity index (χ1) is 18.4. The molecule has 0 spiro atoms. The number of nitrogens with one attached hydrogen (secondary N) is 2. The Morgan fingerprint density at radius 2 is 2.03 bits per heavy atom. The quantitative estimate of drug-likeness (QED) is 0.345. The molecule has 10 nitrogen and oxygen atoms in total. The maximum Gasteiger partial charge on any atom is 0.296 e. The molecule has 12 heteroatoms. The van der Waals surface area contributed by atoms with Crippen molar-refractivity contribution >= 4 is 28.6 Å². The van der Waals surface area contributed by atoms with Crippen LogP contribution in [0.25, 0.3) is 11.2 Å². The summed E-state index contributed by atoms with van der Waals surface area (Å²) >= 11 is 6.53. The van der Waals surface area contributed by atoms with E-state index in [-0.39, 0.29) is 43.3 Å². The molecule has 3 aliphatic rings. The molecule has 6 rings (SSSR count). The highest BCUT2D eigenvalue weighted by molar-refractivity contribution is 6.33. The van der Waals surface area contributed by atoms with Gasteiger partial charge in [0.15, 0.2) is 11.8 Å². The molecule has 38 heavy (non-hydrogen) atoms. The molecule has 5 atom stereocenters. The fourth-order valence-corrected chi connectivity index (χ4v) is 5.47. The van der Waals surface area contributed by atoms with Gasteiger partial charge >= 0.3 is 0 Å². The van der Waals surface area contributed by atoms with Crippen molar-refractivity contribution in [1.82, 2.24) is 15.0 Å². The number of hydrogen-bond acceptors (Lipinski definition) is 9. The largest absolute Gasteiger partial charge is 0.491 e. The third-order valence-electron chi connectivity index (χ3n) is 7.00. The number of aryl methyl sites for hydroxylation is 1. The molecule has 2 aromatic heterocycles. The summed E-state index contributed by atoms with van der Waals surface area (Å²) in [4.78, 5) is 12.1. The van der Waals surface area contributed by atoms with E-state index in [9.17, 15) is 5.11 Å². The number of pyridine rings is 1. The predicted octanol–water partition coefficient (Wildman–Crippen LogP) is 3.56. The van der Waals surface area contributed by atoms with Crippen molar-refractivity contribution in [2.24, 2.45) is 0 Å². The lowest BCUT2D eigenvalue weighted by Gasteiger charge is -2.17. The number of rotatable bonds is 9. The molecule has 1 aliphatic carbocycles. The summed E-state index contributed by atoms with van der Waals surface area (Å²) in [6.07, 6.45) is -0.312. The molecule has 2 saturated heterocycles. The summed E-state index contributed by atoms with van der Waals surface area (Å²) in [5.41, 5.74) is 2.49. The van der Waals surface area contributed by atoms with E-state index in [1.807, 2.05) is 19.9 Å². The Bertz CT molecular complexity index is 1320. The van der Waals surface area contributed by atoms with Crippen LogP contribution in [0, 0.1) is 5.82 Å². The van der Waals surface area contributed by atoms with E-state index in [0.717, 1.165) is 5.56 Å². The number of ether oxygens (including phenoxy) is 5. The molecule has 0 saturated carbocycles. The Morgan fingerprint density at radius 3 is 2.87 bits per heavy atom. The van der Waals surface area contributed by atoms with Crippen LogP contribution in [0.5, 0.6) is 11.8 Å². The Hall–Kier alpha value is -2.70. The van der Waals surface area contributed by atoms with Crippen LogP contribution in [0.3, 0.4) is 0 Å². The van der Waals surface area contributed by atoms with Gasteiger partial charge in [-0.2, -0.15) is 4.98 Å². The van der Waals surface area contributed by atoms with Crippen LogP contribution >= 0.6 is 11.6 Å². The molecule has 2 aliphatic heterocycles. The summed E-state index contributed by atoms with van der Waals surface area (Å²) < 4.78 is 43.5. The fourth-order valence-electron chi connectivity index (χ4n) is 5.27. The van der Waals surface area contributed by atoms with Crippen LogP contribution in [0.2, 0.25) is 5.02 Å². The highest BCUT2D eigenvalue weighted by atomic mass is 35.5. The maximum atomic E-state index is 15.1. The molecule has 4 heterocycles. The van der Waals surface area contributed by atoms with Gasteiger partial charge in [-0.1, -0.05) is 11.6 Å². The van der Waals surface area contributed by atoms with Gasteiger partial charge in [0.1, 0.15) is 42.3 Å². The Kier molecular flexibility index (Phi) is 7.04. The number of halogens is 2. The molecule has 3 aromatic rings. The lowest BCUT2D eigenvalue weighted by Crippen LogP contribution is -2.34. The van der Waals surface area contributed by atoms with Crippen LogP contribution in [-0.2, 0) is 20.6 Å². The normalized spacial score (nSPS) is 26.2. The van der Waals surface area contributed by atoms with Gasteiger partial charge in [0.25, 0.3) is 6.01 Å². The minimum absolute atomic E-state index is 0.119. The Morgan fingerprint density at radius 1 is 1.18 bits per heavy atom. The molecule has 1 aromatic carbocycles. The van der Waals surface area contributed by atoms with E-state index in [2.05, 4.69) is 20.3 Å². The van der Waals surface area contributed by atoms with Gasteiger partial charge in [-0.25, -0.2) is 9.37 Å². The molecule has 1 unspecified atom stereocenters. The summed E-state index contributed by atoms with van der Waals surface area (Å²) in [7, 11) is 0. The molecule has 3 N–H and O–H groups in total. The van der Waals surface area contributed by atoms with E-state index >= 15 is 4.39 Å². The van der Waals surface area contributed by atoms with Crippen molar-refractivity contribution in [2.75, 3.05) is 31.7 Å². The zero-order valence-electron chi connectivity index (χ0n) is 21.1. The van der Waals surface area contributed by atoms with Crippen molar-refractivity contribution in [3.05, 3.63) is 40.2 Å². The lowest BCUT2D eigenvalue weighted by atomic mass is 10.1. The molecular weight excluding hydrogens is 519 g/mol. The van der Waals surface area contributed by atoms with Gasteiger partial charge in [-0.15, -0.1) is 0 Å². The molecule has 204 valence electrons. The number of anilines is 1. The van der Waals surface area contributed by atoms with Crippen molar-refractivity contribution in [1.29, 1.82) is 0 Å². The number of fused-ring (bicyclic) bond motifs is 3. The number of aromatic nitrogens is 3.